The lowest BCUT2D eigenvalue weighted by molar-refractivity contribution is 0.346. The van der Waals surface area contributed by atoms with Gasteiger partial charge in [0.25, 0.3) is 0 Å². The third-order valence-electron chi connectivity index (χ3n) is 4.90. The minimum absolute atomic E-state index is 0.221. The molecule has 2 heteroatoms. The molecule has 0 bridgehead atoms. The Hall–Kier alpha value is -1.40. The van der Waals surface area contributed by atoms with E-state index >= 15 is 0 Å². The van der Waals surface area contributed by atoms with Crippen molar-refractivity contribution in [2.24, 2.45) is 10.9 Å². The van der Waals surface area contributed by atoms with Crippen LogP contribution in [0.2, 0.25) is 0 Å². The van der Waals surface area contributed by atoms with Crippen molar-refractivity contribution in [2.45, 2.75) is 56.9 Å². The number of carbonyl (C=O) groups excluding carboxylic acids is 1. The summed E-state index contributed by atoms with van der Waals surface area (Å²) in [5.74, 6) is 1.53. The van der Waals surface area contributed by atoms with E-state index in [1.807, 2.05) is 0 Å². The minimum Gasteiger partial charge on any atom is -0.211 e. The SMILES string of the molecule is CC1CCC(c2ccccc2C2(N=C=O)CC2)CC1. The van der Waals surface area contributed by atoms with Crippen molar-refractivity contribution in [1.82, 2.24) is 0 Å². The van der Waals surface area contributed by atoms with Gasteiger partial charge < -0.3 is 0 Å². The van der Waals surface area contributed by atoms with Crippen LogP contribution in [0.25, 0.3) is 0 Å². The highest BCUT2D eigenvalue weighted by Crippen LogP contribution is 2.52. The fraction of sp³-hybridized carbons (Fsp3) is 0.588. The van der Waals surface area contributed by atoms with E-state index in [1.165, 1.54) is 36.8 Å². The van der Waals surface area contributed by atoms with Crippen LogP contribution < -0.4 is 0 Å². The van der Waals surface area contributed by atoms with Gasteiger partial charge in [-0.2, -0.15) is 4.99 Å². The van der Waals surface area contributed by atoms with Gasteiger partial charge in [-0.3, -0.25) is 0 Å². The summed E-state index contributed by atoms with van der Waals surface area (Å²) in [5.41, 5.74) is 2.50. The third kappa shape index (κ3) is 2.37. The van der Waals surface area contributed by atoms with E-state index in [2.05, 4.69) is 36.2 Å². The first kappa shape index (κ1) is 12.6. The zero-order chi connectivity index (χ0) is 13.3. The second-order valence-corrected chi connectivity index (χ2v) is 6.28. The molecule has 2 fully saturated rings. The molecular weight excluding hydrogens is 234 g/mol. The van der Waals surface area contributed by atoms with E-state index in [0.29, 0.717) is 5.92 Å². The molecule has 3 rings (SSSR count). The Kier molecular flexibility index (Phi) is 3.28. The Bertz CT molecular complexity index is 504. The van der Waals surface area contributed by atoms with Crippen molar-refractivity contribution in [3.05, 3.63) is 35.4 Å². The van der Waals surface area contributed by atoms with Crippen molar-refractivity contribution in [1.29, 1.82) is 0 Å². The minimum atomic E-state index is -0.221. The zero-order valence-electron chi connectivity index (χ0n) is 11.6. The average molecular weight is 255 g/mol. The topological polar surface area (TPSA) is 29.4 Å². The predicted octanol–water partition coefficient (Wildman–Crippen LogP) is 4.31. The summed E-state index contributed by atoms with van der Waals surface area (Å²) in [4.78, 5) is 14.8. The molecule has 19 heavy (non-hydrogen) atoms. The van der Waals surface area contributed by atoms with Crippen molar-refractivity contribution >= 4 is 6.08 Å². The first-order valence-electron chi connectivity index (χ1n) is 7.43. The molecule has 2 saturated carbocycles. The second kappa shape index (κ2) is 4.94. The maximum absolute atomic E-state index is 10.7. The van der Waals surface area contributed by atoms with E-state index in [1.54, 1.807) is 6.08 Å². The molecule has 0 radical (unpaired) electrons. The molecule has 100 valence electrons. The standard InChI is InChI=1S/C17H21NO/c1-13-6-8-14(9-7-13)15-4-2-3-5-16(15)17(10-11-17)18-12-19/h2-5,13-14H,6-11H2,1H3. The second-order valence-electron chi connectivity index (χ2n) is 6.28. The summed E-state index contributed by atoms with van der Waals surface area (Å²) in [6.07, 6.45) is 8.98. The highest BCUT2D eigenvalue weighted by atomic mass is 16.1. The summed E-state index contributed by atoms with van der Waals surface area (Å²) in [6, 6.07) is 8.61. The van der Waals surface area contributed by atoms with E-state index in [0.717, 1.165) is 18.8 Å². The van der Waals surface area contributed by atoms with Gasteiger partial charge >= 0.3 is 0 Å². The highest BCUT2D eigenvalue weighted by molar-refractivity contribution is 5.45. The van der Waals surface area contributed by atoms with Gasteiger partial charge in [0.1, 0.15) is 0 Å². The van der Waals surface area contributed by atoms with Gasteiger partial charge in [-0.05, 0) is 48.6 Å². The van der Waals surface area contributed by atoms with Gasteiger partial charge in [0.2, 0.25) is 6.08 Å². The maximum Gasteiger partial charge on any atom is 0.235 e. The number of aliphatic imine (C=N–C) groups is 1. The van der Waals surface area contributed by atoms with Gasteiger partial charge in [-0.15, -0.1) is 0 Å². The first-order valence-corrected chi connectivity index (χ1v) is 7.43. The van der Waals surface area contributed by atoms with E-state index < -0.39 is 0 Å². The predicted molar refractivity (Wildman–Crippen MR) is 75.8 cm³/mol. The lowest BCUT2D eigenvalue weighted by Crippen LogP contribution is -2.15. The Labute approximate surface area is 114 Å². The van der Waals surface area contributed by atoms with E-state index in [4.69, 9.17) is 0 Å². The normalized spacial score (nSPS) is 28.5. The van der Waals surface area contributed by atoms with E-state index in [-0.39, 0.29) is 5.54 Å². The largest absolute Gasteiger partial charge is 0.235 e. The first-order chi connectivity index (χ1) is 9.25. The molecule has 0 saturated heterocycles. The van der Waals surface area contributed by atoms with Gasteiger partial charge in [-0.25, -0.2) is 4.79 Å². The van der Waals surface area contributed by atoms with Crippen LogP contribution in [-0.4, -0.2) is 6.08 Å². The Morgan fingerprint density at radius 1 is 1.16 bits per heavy atom. The molecule has 0 atom stereocenters. The quantitative estimate of drug-likeness (QED) is 0.584. The molecule has 0 aromatic heterocycles. The smallest absolute Gasteiger partial charge is 0.211 e. The van der Waals surface area contributed by atoms with Crippen molar-refractivity contribution in [3.8, 4) is 0 Å². The van der Waals surface area contributed by atoms with Crippen LogP contribution in [0.1, 0.15) is 62.5 Å². The van der Waals surface area contributed by atoms with Gasteiger partial charge in [-0.1, -0.05) is 44.0 Å². The Morgan fingerprint density at radius 2 is 1.84 bits per heavy atom. The molecule has 2 nitrogen and oxygen atoms in total. The van der Waals surface area contributed by atoms with Gasteiger partial charge in [0, 0.05) is 0 Å². The molecule has 0 amide bonds. The lowest BCUT2D eigenvalue weighted by atomic mass is 9.77. The molecule has 2 aliphatic carbocycles. The summed E-state index contributed by atoms with van der Waals surface area (Å²) in [7, 11) is 0. The van der Waals surface area contributed by atoms with Crippen LogP contribution in [-0.2, 0) is 10.3 Å². The monoisotopic (exact) mass is 255 g/mol. The molecule has 0 unspecified atom stereocenters. The summed E-state index contributed by atoms with van der Waals surface area (Å²) in [6.45, 7) is 2.35. The summed E-state index contributed by atoms with van der Waals surface area (Å²) >= 11 is 0. The van der Waals surface area contributed by atoms with Crippen LogP contribution >= 0.6 is 0 Å². The zero-order valence-corrected chi connectivity index (χ0v) is 11.6. The lowest BCUT2D eigenvalue weighted by Gasteiger charge is -2.29. The molecule has 0 aliphatic heterocycles. The van der Waals surface area contributed by atoms with Crippen LogP contribution in [0.3, 0.4) is 0 Å². The number of nitrogens with zero attached hydrogens (tertiary/aromatic N) is 1. The summed E-state index contributed by atoms with van der Waals surface area (Å²) < 4.78 is 0. The van der Waals surface area contributed by atoms with Crippen LogP contribution in [0, 0.1) is 5.92 Å². The van der Waals surface area contributed by atoms with Crippen LogP contribution in [0.5, 0.6) is 0 Å². The molecule has 0 spiro atoms. The van der Waals surface area contributed by atoms with E-state index in [9.17, 15) is 4.79 Å². The number of benzene rings is 1. The summed E-state index contributed by atoms with van der Waals surface area (Å²) in [5, 5.41) is 0. The van der Waals surface area contributed by atoms with Gasteiger partial charge in [0.15, 0.2) is 0 Å². The molecule has 1 aromatic carbocycles. The molecule has 1 aromatic rings. The fourth-order valence-electron chi connectivity index (χ4n) is 3.50. The highest BCUT2D eigenvalue weighted by Gasteiger charge is 2.46. The molecule has 0 heterocycles. The average Bonchev–Trinajstić information content (AvgIpc) is 3.21. The van der Waals surface area contributed by atoms with Crippen molar-refractivity contribution in [3.63, 3.8) is 0 Å². The molecular formula is C17H21NO. The third-order valence-corrected chi connectivity index (χ3v) is 4.90. The number of isocyanates is 1. The Balaban J connectivity index is 1.92. The number of hydrogen-bond donors (Lipinski definition) is 0. The number of rotatable bonds is 3. The van der Waals surface area contributed by atoms with Crippen LogP contribution in [0.4, 0.5) is 0 Å². The van der Waals surface area contributed by atoms with Crippen LogP contribution in [0.15, 0.2) is 29.3 Å². The maximum atomic E-state index is 10.7. The fourth-order valence-corrected chi connectivity index (χ4v) is 3.50. The van der Waals surface area contributed by atoms with Crippen molar-refractivity contribution < 1.29 is 4.79 Å². The number of hydrogen-bond acceptors (Lipinski definition) is 2. The molecule has 2 aliphatic rings. The van der Waals surface area contributed by atoms with Crippen molar-refractivity contribution in [2.75, 3.05) is 0 Å². The van der Waals surface area contributed by atoms with Gasteiger partial charge in [0.05, 0.1) is 5.54 Å². The molecule has 0 N–H and O–H groups in total. The Morgan fingerprint density at radius 3 is 2.47 bits per heavy atom.